The zero-order valence-electron chi connectivity index (χ0n) is 19.2. The highest BCUT2D eigenvalue weighted by atomic mass is 35.5. The van der Waals surface area contributed by atoms with Gasteiger partial charge in [-0.05, 0) is 32.9 Å². The Hall–Kier alpha value is -3.20. The molecule has 3 rings (SSSR count). The largest absolute Gasteiger partial charge is 0.472 e. The first-order chi connectivity index (χ1) is 16.0. The van der Waals surface area contributed by atoms with Crippen LogP contribution in [0.1, 0.15) is 26.3 Å². The molecule has 0 bridgehead atoms. The molecule has 0 atom stereocenters. The van der Waals surface area contributed by atoms with E-state index in [9.17, 15) is 18.0 Å². The topological polar surface area (TPSA) is 52.3 Å². The van der Waals surface area contributed by atoms with Crippen LogP contribution in [-0.2, 0) is 4.79 Å². The Kier molecular flexibility index (Phi) is 7.76. The standard InChI is InChI=1S/C24H26ClF3N4O2/c1-5-7-29-18(4)30-8-10-31(11-9-30)23(33)16(2)22(25)32-14-20(19-6-12-34-15-19)13-21(17(32)3)24(26,27)28/h5-7,12-15H,3,8-11H2,1-2,4H3/b7-5-,22-16+,29-18?. The third kappa shape index (κ3) is 5.47. The predicted molar refractivity (Wildman–Crippen MR) is 126 cm³/mol. The number of hydrogen-bond donors (Lipinski definition) is 0. The number of furan rings is 1. The minimum absolute atomic E-state index is 0.127. The van der Waals surface area contributed by atoms with E-state index in [-0.39, 0.29) is 27.9 Å². The van der Waals surface area contributed by atoms with Crippen LogP contribution in [0, 0.1) is 0 Å². The number of carbonyl (C=O) groups is 1. The molecule has 0 aromatic carbocycles. The Morgan fingerprint density at radius 3 is 2.41 bits per heavy atom. The SMILES string of the molecule is C=C1C(C(F)(F)F)=CC(c2ccoc2)=CN1/C(Cl)=C(\C)C(=O)N1CCN(C(C)=N/C=C\C)CC1. The minimum Gasteiger partial charge on any atom is -0.472 e. The lowest BCUT2D eigenvalue weighted by Gasteiger charge is -2.36. The number of allylic oxidation sites excluding steroid dienone is 4. The number of halogens is 4. The van der Waals surface area contributed by atoms with Gasteiger partial charge in [0.2, 0.25) is 0 Å². The molecule has 1 saturated heterocycles. The number of piperazine rings is 1. The van der Waals surface area contributed by atoms with Crippen molar-refractivity contribution in [3.63, 3.8) is 0 Å². The van der Waals surface area contributed by atoms with Crippen LogP contribution in [0.5, 0.6) is 0 Å². The van der Waals surface area contributed by atoms with Crippen molar-refractivity contribution >= 4 is 28.9 Å². The molecule has 0 aliphatic carbocycles. The number of hydrogen-bond acceptors (Lipinski definition) is 4. The van der Waals surface area contributed by atoms with Gasteiger partial charge in [-0.1, -0.05) is 24.3 Å². The van der Waals surface area contributed by atoms with Crippen LogP contribution < -0.4 is 0 Å². The number of carbonyl (C=O) groups excluding carboxylic acids is 1. The molecule has 3 heterocycles. The summed E-state index contributed by atoms with van der Waals surface area (Å²) in [6, 6.07) is 1.54. The molecule has 0 spiro atoms. The maximum absolute atomic E-state index is 13.7. The molecule has 1 fully saturated rings. The van der Waals surface area contributed by atoms with Crippen LogP contribution in [0.15, 0.2) is 81.1 Å². The van der Waals surface area contributed by atoms with Gasteiger partial charge in [-0.2, -0.15) is 13.2 Å². The van der Waals surface area contributed by atoms with E-state index >= 15 is 0 Å². The summed E-state index contributed by atoms with van der Waals surface area (Å²) in [5, 5.41) is -0.140. The molecule has 1 amide bonds. The van der Waals surface area contributed by atoms with Crippen molar-refractivity contribution in [1.29, 1.82) is 0 Å². The Morgan fingerprint density at radius 2 is 1.85 bits per heavy atom. The molecular weight excluding hydrogens is 469 g/mol. The second-order valence-corrected chi connectivity index (χ2v) is 8.18. The molecule has 34 heavy (non-hydrogen) atoms. The van der Waals surface area contributed by atoms with Gasteiger partial charge in [0, 0.05) is 55.3 Å². The minimum atomic E-state index is -4.66. The molecule has 2 aliphatic rings. The lowest BCUT2D eigenvalue weighted by atomic mass is 10.0. The van der Waals surface area contributed by atoms with E-state index < -0.39 is 11.7 Å². The average Bonchev–Trinajstić information content (AvgIpc) is 3.35. The molecule has 1 aromatic rings. The van der Waals surface area contributed by atoms with E-state index in [1.54, 1.807) is 17.2 Å². The fourth-order valence-electron chi connectivity index (χ4n) is 3.63. The highest BCUT2D eigenvalue weighted by Gasteiger charge is 2.40. The lowest BCUT2D eigenvalue weighted by molar-refractivity contribution is -0.128. The number of nitrogens with zero attached hydrogens (tertiary/aromatic N) is 4. The van der Waals surface area contributed by atoms with Gasteiger partial charge in [-0.25, -0.2) is 4.99 Å². The molecule has 0 N–H and O–H groups in total. The van der Waals surface area contributed by atoms with E-state index in [0.29, 0.717) is 31.7 Å². The third-order valence-electron chi connectivity index (χ3n) is 5.61. The molecule has 0 radical (unpaired) electrons. The van der Waals surface area contributed by atoms with Gasteiger partial charge in [0.1, 0.15) is 11.0 Å². The van der Waals surface area contributed by atoms with Crippen LogP contribution >= 0.6 is 11.6 Å². The van der Waals surface area contributed by atoms with E-state index in [2.05, 4.69) is 16.5 Å². The molecular formula is C24H26ClF3N4O2. The zero-order valence-corrected chi connectivity index (χ0v) is 20.0. The third-order valence-corrected chi connectivity index (χ3v) is 6.07. The molecule has 182 valence electrons. The normalized spacial score (nSPS) is 18.9. The quantitative estimate of drug-likeness (QED) is 0.240. The van der Waals surface area contributed by atoms with Crippen LogP contribution in [0.4, 0.5) is 13.2 Å². The Morgan fingerprint density at radius 1 is 1.21 bits per heavy atom. The highest BCUT2D eigenvalue weighted by Crippen LogP contribution is 2.41. The van der Waals surface area contributed by atoms with Gasteiger partial charge in [-0.3, -0.25) is 4.79 Å². The van der Waals surface area contributed by atoms with Gasteiger partial charge in [0.05, 0.1) is 23.8 Å². The smallest absolute Gasteiger partial charge is 0.418 e. The summed E-state index contributed by atoms with van der Waals surface area (Å²) in [4.78, 5) is 22.2. The van der Waals surface area contributed by atoms with Crippen molar-refractivity contribution < 1.29 is 22.4 Å². The number of alkyl halides is 3. The van der Waals surface area contributed by atoms with Crippen molar-refractivity contribution in [2.24, 2.45) is 4.99 Å². The van der Waals surface area contributed by atoms with Gasteiger partial charge < -0.3 is 19.1 Å². The summed E-state index contributed by atoms with van der Waals surface area (Å²) in [5.41, 5.74) is -0.511. The molecule has 6 nitrogen and oxygen atoms in total. The van der Waals surface area contributed by atoms with Crippen LogP contribution in [-0.4, -0.2) is 58.8 Å². The first-order valence-corrected chi connectivity index (χ1v) is 11.0. The van der Waals surface area contributed by atoms with Crippen molar-refractivity contribution in [3.8, 4) is 0 Å². The fourth-order valence-corrected chi connectivity index (χ4v) is 3.86. The second-order valence-electron chi connectivity index (χ2n) is 7.82. The van der Waals surface area contributed by atoms with Gasteiger partial charge >= 0.3 is 6.18 Å². The second kappa shape index (κ2) is 10.4. The maximum Gasteiger partial charge on any atom is 0.418 e. The van der Waals surface area contributed by atoms with Crippen LogP contribution in [0.2, 0.25) is 0 Å². The van der Waals surface area contributed by atoms with Crippen molar-refractivity contribution in [3.05, 3.63) is 77.3 Å². The summed E-state index contributed by atoms with van der Waals surface area (Å²) >= 11 is 6.49. The Labute approximate surface area is 201 Å². The van der Waals surface area contributed by atoms with E-state index in [1.807, 2.05) is 19.9 Å². The first kappa shape index (κ1) is 25.4. The number of amides is 1. The van der Waals surface area contributed by atoms with Crippen LogP contribution in [0.25, 0.3) is 5.57 Å². The van der Waals surface area contributed by atoms with E-state index in [0.717, 1.165) is 16.8 Å². The van der Waals surface area contributed by atoms with E-state index in [1.165, 1.54) is 25.7 Å². The highest BCUT2D eigenvalue weighted by molar-refractivity contribution is 6.31. The summed E-state index contributed by atoms with van der Waals surface area (Å²) in [6.45, 7) is 10.9. The predicted octanol–water partition coefficient (Wildman–Crippen LogP) is 5.51. The number of rotatable bonds is 4. The summed E-state index contributed by atoms with van der Waals surface area (Å²) in [6.07, 6.45) is 3.99. The van der Waals surface area contributed by atoms with Gasteiger partial charge in [0.25, 0.3) is 5.91 Å². The molecule has 0 unspecified atom stereocenters. The van der Waals surface area contributed by atoms with Crippen molar-refractivity contribution in [1.82, 2.24) is 14.7 Å². The van der Waals surface area contributed by atoms with Crippen molar-refractivity contribution in [2.75, 3.05) is 26.2 Å². The van der Waals surface area contributed by atoms with Crippen LogP contribution in [0.3, 0.4) is 0 Å². The number of amidine groups is 1. The lowest BCUT2D eigenvalue weighted by Crippen LogP contribution is -2.50. The van der Waals surface area contributed by atoms with E-state index in [4.69, 9.17) is 16.0 Å². The Bertz CT molecular complexity index is 1090. The summed E-state index contributed by atoms with van der Waals surface area (Å²) in [7, 11) is 0. The Balaban J connectivity index is 1.84. The first-order valence-electron chi connectivity index (χ1n) is 10.6. The van der Waals surface area contributed by atoms with Gasteiger partial charge in [0.15, 0.2) is 0 Å². The summed E-state index contributed by atoms with van der Waals surface area (Å²) in [5.74, 6) is 0.505. The van der Waals surface area contributed by atoms with Crippen molar-refractivity contribution in [2.45, 2.75) is 26.9 Å². The maximum atomic E-state index is 13.7. The summed E-state index contributed by atoms with van der Waals surface area (Å²) < 4.78 is 46.2. The number of aliphatic imine (C=N–C) groups is 1. The monoisotopic (exact) mass is 494 g/mol. The van der Waals surface area contributed by atoms with Gasteiger partial charge in [-0.15, -0.1) is 0 Å². The fraction of sp³-hybridized carbons (Fsp3) is 0.333. The zero-order chi connectivity index (χ0) is 25.0. The molecule has 10 heteroatoms. The average molecular weight is 495 g/mol. The molecule has 2 aliphatic heterocycles. The molecule has 0 saturated carbocycles. The molecule has 1 aromatic heterocycles.